The summed E-state index contributed by atoms with van der Waals surface area (Å²) in [6.45, 7) is -1.45. The zero-order valence-corrected chi connectivity index (χ0v) is 10.5. The van der Waals surface area contributed by atoms with Crippen molar-refractivity contribution in [2.45, 2.75) is 6.18 Å². The predicted octanol–water partition coefficient (Wildman–Crippen LogP) is 2.73. The Morgan fingerprint density at radius 1 is 1.43 bits per heavy atom. The monoisotopic (exact) mass is 305 g/mol. The van der Waals surface area contributed by atoms with Crippen LogP contribution in [0.1, 0.15) is 0 Å². The summed E-state index contributed by atoms with van der Waals surface area (Å²) in [5, 5.41) is 13.2. The van der Waals surface area contributed by atoms with Crippen LogP contribution >= 0.6 is 0 Å². The van der Waals surface area contributed by atoms with Crippen LogP contribution in [-0.2, 0) is 4.74 Å². The third-order valence-corrected chi connectivity index (χ3v) is 2.37. The highest BCUT2D eigenvalue weighted by atomic mass is 19.4. The molecule has 1 aromatic carbocycles. The number of hydrogen-bond donors (Lipinski definition) is 1. The number of aromatic nitrogens is 1. The largest absolute Gasteiger partial charge is 0.423 e. The van der Waals surface area contributed by atoms with Gasteiger partial charge in [0, 0.05) is 12.6 Å². The Labute approximate surface area is 115 Å². The molecule has 0 bridgehead atoms. The first-order valence-corrected chi connectivity index (χ1v) is 5.78. The van der Waals surface area contributed by atoms with Crippen molar-refractivity contribution in [3.8, 4) is 0 Å². The fourth-order valence-electron chi connectivity index (χ4n) is 1.52. The topological polar surface area (TPSA) is 90.4 Å². The van der Waals surface area contributed by atoms with Crippen molar-refractivity contribution in [3.05, 3.63) is 28.3 Å². The molecule has 2 rings (SSSR count). The second kappa shape index (κ2) is 5.95. The minimum absolute atomic E-state index is 0.0566. The van der Waals surface area contributed by atoms with E-state index in [2.05, 4.69) is 15.0 Å². The molecular formula is C11H10F3N3O4. The van der Waals surface area contributed by atoms with Gasteiger partial charge in [0.1, 0.15) is 12.1 Å². The van der Waals surface area contributed by atoms with Gasteiger partial charge in [-0.1, -0.05) is 0 Å². The highest BCUT2D eigenvalue weighted by Crippen LogP contribution is 2.23. The molecule has 1 N–H and O–H groups in total. The lowest BCUT2D eigenvalue weighted by atomic mass is 10.3. The minimum atomic E-state index is -4.36. The van der Waals surface area contributed by atoms with E-state index in [1.807, 2.05) is 0 Å². The molecular weight excluding hydrogens is 295 g/mol. The SMILES string of the molecule is O=[N+]([O-])c1ccc2nc(NCCOCC(F)(F)F)oc2c1. The number of nitro benzene ring substituents is 1. The third kappa shape index (κ3) is 4.31. The van der Waals surface area contributed by atoms with Crippen LogP contribution in [0.25, 0.3) is 11.1 Å². The molecule has 0 radical (unpaired) electrons. The molecule has 0 aliphatic heterocycles. The molecule has 0 aliphatic rings. The van der Waals surface area contributed by atoms with E-state index >= 15 is 0 Å². The Bertz CT molecular complexity index is 641. The molecule has 0 saturated carbocycles. The van der Waals surface area contributed by atoms with E-state index < -0.39 is 17.7 Å². The minimum Gasteiger partial charge on any atom is -0.423 e. The molecule has 0 unspecified atom stereocenters. The molecule has 0 aliphatic carbocycles. The number of benzene rings is 1. The number of oxazole rings is 1. The van der Waals surface area contributed by atoms with Gasteiger partial charge in [-0.15, -0.1) is 0 Å². The summed E-state index contributed by atoms with van der Waals surface area (Å²) in [6, 6.07) is 3.97. The van der Waals surface area contributed by atoms with Gasteiger partial charge in [0.05, 0.1) is 17.6 Å². The van der Waals surface area contributed by atoms with Crippen molar-refractivity contribution in [2.24, 2.45) is 0 Å². The lowest BCUT2D eigenvalue weighted by Crippen LogP contribution is -2.20. The van der Waals surface area contributed by atoms with Gasteiger partial charge >= 0.3 is 6.18 Å². The van der Waals surface area contributed by atoms with Crippen molar-refractivity contribution in [2.75, 3.05) is 25.1 Å². The molecule has 21 heavy (non-hydrogen) atoms. The lowest BCUT2D eigenvalue weighted by molar-refractivity contribution is -0.384. The van der Waals surface area contributed by atoms with Crippen molar-refractivity contribution < 1.29 is 27.2 Å². The summed E-state index contributed by atoms with van der Waals surface area (Å²) in [6.07, 6.45) is -4.36. The molecule has 0 spiro atoms. The number of rotatable bonds is 6. The number of hydrogen-bond acceptors (Lipinski definition) is 6. The van der Waals surface area contributed by atoms with Gasteiger partial charge in [-0.05, 0) is 6.07 Å². The van der Waals surface area contributed by atoms with E-state index in [-0.39, 0.29) is 30.4 Å². The lowest BCUT2D eigenvalue weighted by Gasteiger charge is -2.07. The number of nitro groups is 1. The molecule has 114 valence electrons. The predicted molar refractivity (Wildman–Crippen MR) is 66.0 cm³/mol. The number of ether oxygens (including phenoxy) is 1. The average molecular weight is 305 g/mol. The van der Waals surface area contributed by atoms with Gasteiger partial charge in [-0.25, -0.2) is 0 Å². The Balaban J connectivity index is 1.89. The normalized spacial score (nSPS) is 11.8. The molecule has 1 heterocycles. The summed E-state index contributed by atoms with van der Waals surface area (Å²) in [5.74, 6) is 0. The molecule has 7 nitrogen and oxygen atoms in total. The Hall–Kier alpha value is -2.36. The Morgan fingerprint density at radius 3 is 2.86 bits per heavy atom. The van der Waals surface area contributed by atoms with Gasteiger partial charge < -0.3 is 14.5 Å². The first-order chi connectivity index (χ1) is 9.85. The van der Waals surface area contributed by atoms with Crippen LogP contribution in [0.3, 0.4) is 0 Å². The molecule has 0 saturated heterocycles. The number of non-ortho nitro benzene ring substituents is 1. The number of nitrogens with zero attached hydrogens (tertiary/aromatic N) is 2. The number of fused-ring (bicyclic) bond motifs is 1. The second-order valence-corrected chi connectivity index (χ2v) is 4.02. The summed E-state index contributed by atoms with van der Waals surface area (Å²) >= 11 is 0. The summed E-state index contributed by atoms with van der Waals surface area (Å²) < 4.78 is 45.1. The fourth-order valence-corrected chi connectivity index (χ4v) is 1.52. The first-order valence-electron chi connectivity index (χ1n) is 5.78. The van der Waals surface area contributed by atoms with E-state index in [1.165, 1.54) is 18.2 Å². The van der Waals surface area contributed by atoms with E-state index in [1.54, 1.807) is 0 Å². The zero-order chi connectivity index (χ0) is 15.5. The summed E-state index contributed by atoms with van der Waals surface area (Å²) in [5.41, 5.74) is 0.473. The average Bonchev–Trinajstić information content (AvgIpc) is 2.78. The smallest absolute Gasteiger partial charge is 0.411 e. The number of halogens is 3. The van der Waals surface area contributed by atoms with Crippen LogP contribution in [0.2, 0.25) is 0 Å². The van der Waals surface area contributed by atoms with E-state index in [0.29, 0.717) is 5.52 Å². The van der Waals surface area contributed by atoms with Crippen LogP contribution in [0.5, 0.6) is 0 Å². The van der Waals surface area contributed by atoms with Gasteiger partial charge in [0.15, 0.2) is 5.58 Å². The number of nitrogens with one attached hydrogen (secondary N) is 1. The highest BCUT2D eigenvalue weighted by Gasteiger charge is 2.27. The van der Waals surface area contributed by atoms with Crippen LogP contribution in [0, 0.1) is 10.1 Å². The first kappa shape index (κ1) is 15.0. The fraction of sp³-hybridized carbons (Fsp3) is 0.364. The number of alkyl halides is 3. The Kier molecular flexibility index (Phi) is 4.26. The molecule has 1 aromatic heterocycles. The van der Waals surface area contributed by atoms with Crippen LogP contribution in [-0.4, -0.2) is 35.8 Å². The van der Waals surface area contributed by atoms with E-state index in [4.69, 9.17) is 4.42 Å². The summed E-state index contributed by atoms with van der Waals surface area (Å²) in [4.78, 5) is 14.0. The van der Waals surface area contributed by atoms with Gasteiger partial charge in [-0.3, -0.25) is 10.1 Å². The van der Waals surface area contributed by atoms with Gasteiger partial charge in [-0.2, -0.15) is 18.2 Å². The maximum Gasteiger partial charge on any atom is 0.411 e. The van der Waals surface area contributed by atoms with E-state index in [0.717, 1.165) is 0 Å². The summed E-state index contributed by atoms with van der Waals surface area (Å²) in [7, 11) is 0. The molecule has 0 amide bonds. The molecule has 2 aromatic rings. The zero-order valence-electron chi connectivity index (χ0n) is 10.5. The van der Waals surface area contributed by atoms with Crippen LogP contribution in [0.4, 0.5) is 24.9 Å². The number of anilines is 1. The van der Waals surface area contributed by atoms with Crippen LogP contribution in [0.15, 0.2) is 22.6 Å². The maximum absolute atomic E-state index is 11.8. The second-order valence-electron chi connectivity index (χ2n) is 4.02. The van der Waals surface area contributed by atoms with Crippen molar-refractivity contribution >= 4 is 22.8 Å². The standard InChI is InChI=1S/C11H10F3N3O4/c12-11(13,14)6-20-4-3-15-10-16-8-2-1-7(17(18)19)5-9(8)21-10/h1-2,5H,3-4,6H2,(H,15,16). The maximum atomic E-state index is 11.8. The molecule has 10 heteroatoms. The van der Waals surface area contributed by atoms with Crippen LogP contribution < -0.4 is 5.32 Å². The van der Waals surface area contributed by atoms with Gasteiger partial charge in [0.2, 0.25) is 0 Å². The van der Waals surface area contributed by atoms with Crippen molar-refractivity contribution in [3.63, 3.8) is 0 Å². The quantitative estimate of drug-likeness (QED) is 0.501. The molecule has 0 fully saturated rings. The van der Waals surface area contributed by atoms with E-state index in [9.17, 15) is 23.3 Å². The van der Waals surface area contributed by atoms with Gasteiger partial charge in [0.25, 0.3) is 11.7 Å². The van der Waals surface area contributed by atoms with Crippen molar-refractivity contribution in [1.29, 1.82) is 0 Å². The Morgan fingerprint density at radius 2 is 2.19 bits per heavy atom. The highest BCUT2D eigenvalue weighted by molar-refractivity contribution is 5.77. The molecule has 0 atom stereocenters. The third-order valence-electron chi connectivity index (χ3n) is 2.37. The van der Waals surface area contributed by atoms with Crippen molar-refractivity contribution in [1.82, 2.24) is 4.98 Å².